The first-order chi connectivity index (χ1) is 8.69. The zero-order valence-electron chi connectivity index (χ0n) is 10.0. The van der Waals surface area contributed by atoms with Crippen molar-refractivity contribution in [3.63, 3.8) is 0 Å². The van der Waals surface area contributed by atoms with E-state index in [1.807, 2.05) is 37.3 Å². The van der Waals surface area contributed by atoms with Crippen LogP contribution in [0.1, 0.15) is 13.3 Å². The molecule has 1 aromatic rings. The van der Waals surface area contributed by atoms with Crippen LogP contribution in [0.15, 0.2) is 40.5 Å². The Morgan fingerprint density at radius 2 is 2.22 bits per heavy atom. The average Bonchev–Trinajstić information content (AvgIpc) is 2.39. The van der Waals surface area contributed by atoms with Gasteiger partial charge in [0, 0.05) is 17.2 Å². The van der Waals surface area contributed by atoms with E-state index >= 15 is 0 Å². The molecule has 5 heteroatoms. The number of carbonyl (C=O) groups excluding carboxylic acids is 1. The zero-order chi connectivity index (χ0) is 13.4. The van der Waals surface area contributed by atoms with Gasteiger partial charge < -0.3 is 10.6 Å². The van der Waals surface area contributed by atoms with Gasteiger partial charge in [-0.15, -0.1) is 0 Å². The first kappa shape index (κ1) is 14.3. The number of amides is 1. The van der Waals surface area contributed by atoms with E-state index in [1.165, 1.54) is 6.20 Å². The number of nitrogens with zero attached hydrogens (tertiary/aromatic N) is 1. The normalized spacial score (nSPS) is 10.6. The molecule has 0 atom stereocenters. The Hall–Kier alpha value is -1.80. The minimum Gasteiger partial charge on any atom is -0.359 e. The van der Waals surface area contributed by atoms with E-state index in [0.717, 1.165) is 16.6 Å². The smallest absolute Gasteiger partial charge is 0.263 e. The summed E-state index contributed by atoms with van der Waals surface area (Å²) in [6, 6.07) is 9.35. The molecule has 0 aliphatic heterocycles. The Labute approximate surface area is 115 Å². The summed E-state index contributed by atoms with van der Waals surface area (Å²) in [7, 11) is 0. The fraction of sp³-hybridized carbons (Fsp3) is 0.231. The fourth-order valence-electron chi connectivity index (χ4n) is 1.21. The van der Waals surface area contributed by atoms with Crippen molar-refractivity contribution in [1.82, 2.24) is 5.32 Å². The number of nitriles is 1. The van der Waals surface area contributed by atoms with E-state index in [1.54, 1.807) is 0 Å². The third kappa shape index (κ3) is 4.22. The standard InChI is InChI=1S/C13H14BrN3O/c1-2-7-16-13(18)10(8-15)9-17-12-6-4-3-5-11(12)14/h3-6,9,17H,2,7H2,1H3,(H,16,18)/b10-9-. The fourth-order valence-corrected chi connectivity index (χ4v) is 1.61. The first-order valence-corrected chi connectivity index (χ1v) is 6.38. The summed E-state index contributed by atoms with van der Waals surface area (Å²) < 4.78 is 0.868. The number of hydrogen-bond donors (Lipinski definition) is 2. The molecule has 0 aliphatic carbocycles. The lowest BCUT2D eigenvalue weighted by Crippen LogP contribution is -2.25. The Balaban J connectivity index is 2.72. The number of nitrogens with one attached hydrogen (secondary N) is 2. The van der Waals surface area contributed by atoms with Gasteiger partial charge in [0.1, 0.15) is 11.6 Å². The van der Waals surface area contributed by atoms with Crippen LogP contribution in [0.4, 0.5) is 5.69 Å². The number of rotatable bonds is 5. The van der Waals surface area contributed by atoms with Crippen LogP contribution in [0.2, 0.25) is 0 Å². The molecule has 0 bridgehead atoms. The predicted octanol–water partition coefficient (Wildman–Crippen LogP) is 2.79. The van der Waals surface area contributed by atoms with Crippen LogP contribution in [-0.2, 0) is 4.79 Å². The monoisotopic (exact) mass is 307 g/mol. The number of hydrogen-bond acceptors (Lipinski definition) is 3. The Kier molecular flexibility index (Phi) is 5.95. The molecular formula is C13H14BrN3O. The van der Waals surface area contributed by atoms with Crippen LogP contribution < -0.4 is 10.6 Å². The van der Waals surface area contributed by atoms with E-state index in [-0.39, 0.29) is 11.5 Å². The highest BCUT2D eigenvalue weighted by Crippen LogP contribution is 2.21. The summed E-state index contributed by atoms with van der Waals surface area (Å²) in [6.45, 7) is 2.52. The predicted molar refractivity (Wildman–Crippen MR) is 74.8 cm³/mol. The average molecular weight is 308 g/mol. The van der Waals surface area contributed by atoms with Crippen molar-refractivity contribution in [3.05, 3.63) is 40.5 Å². The highest BCUT2D eigenvalue weighted by atomic mass is 79.9. The van der Waals surface area contributed by atoms with Gasteiger partial charge in [-0.25, -0.2) is 0 Å². The lowest BCUT2D eigenvalue weighted by Gasteiger charge is -2.05. The van der Waals surface area contributed by atoms with Crippen LogP contribution in [0, 0.1) is 11.3 Å². The summed E-state index contributed by atoms with van der Waals surface area (Å²) in [5, 5.41) is 14.5. The molecule has 1 rings (SSSR count). The molecular weight excluding hydrogens is 294 g/mol. The maximum absolute atomic E-state index is 11.6. The summed E-state index contributed by atoms with van der Waals surface area (Å²) in [6.07, 6.45) is 2.24. The second-order valence-corrected chi connectivity index (χ2v) is 4.40. The van der Waals surface area contributed by atoms with Crippen molar-refractivity contribution in [2.75, 3.05) is 11.9 Å². The highest BCUT2D eigenvalue weighted by Gasteiger charge is 2.07. The highest BCUT2D eigenvalue weighted by molar-refractivity contribution is 9.10. The zero-order valence-corrected chi connectivity index (χ0v) is 11.6. The topological polar surface area (TPSA) is 64.9 Å². The van der Waals surface area contributed by atoms with E-state index in [0.29, 0.717) is 6.54 Å². The van der Waals surface area contributed by atoms with E-state index in [2.05, 4.69) is 26.6 Å². The molecule has 0 saturated carbocycles. The molecule has 94 valence electrons. The molecule has 2 N–H and O–H groups in total. The van der Waals surface area contributed by atoms with Crippen molar-refractivity contribution in [2.45, 2.75) is 13.3 Å². The molecule has 0 heterocycles. The minimum atomic E-state index is -0.362. The molecule has 0 aromatic heterocycles. The Morgan fingerprint density at radius 1 is 1.50 bits per heavy atom. The lowest BCUT2D eigenvalue weighted by atomic mass is 10.2. The van der Waals surface area contributed by atoms with Crippen LogP contribution in [0.3, 0.4) is 0 Å². The van der Waals surface area contributed by atoms with Crippen LogP contribution in [0.25, 0.3) is 0 Å². The molecule has 0 aliphatic rings. The van der Waals surface area contributed by atoms with Gasteiger partial charge in [-0.3, -0.25) is 4.79 Å². The maximum atomic E-state index is 11.6. The van der Waals surface area contributed by atoms with Crippen LogP contribution in [0.5, 0.6) is 0 Å². The van der Waals surface area contributed by atoms with E-state index < -0.39 is 0 Å². The third-order valence-corrected chi connectivity index (χ3v) is 2.84. The van der Waals surface area contributed by atoms with Gasteiger partial charge in [-0.05, 0) is 34.5 Å². The van der Waals surface area contributed by atoms with Crippen molar-refractivity contribution >= 4 is 27.5 Å². The Bertz CT molecular complexity index is 491. The molecule has 0 spiro atoms. The molecule has 0 fully saturated rings. The quantitative estimate of drug-likeness (QED) is 0.649. The minimum absolute atomic E-state index is 0.0548. The molecule has 18 heavy (non-hydrogen) atoms. The van der Waals surface area contributed by atoms with Crippen molar-refractivity contribution in [2.24, 2.45) is 0 Å². The van der Waals surface area contributed by atoms with Crippen molar-refractivity contribution < 1.29 is 4.79 Å². The number of benzene rings is 1. The second kappa shape index (κ2) is 7.51. The van der Waals surface area contributed by atoms with Crippen molar-refractivity contribution in [1.29, 1.82) is 5.26 Å². The lowest BCUT2D eigenvalue weighted by molar-refractivity contribution is -0.117. The Morgan fingerprint density at radius 3 is 2.83 bits per heavy atom. The van der Waals surface area contributed by atoms with Crippen LogP contribution >= 0.6 is 15.9 Å². The van der Waals surface area contributed by atoms with Crippen LogP contribution in [-0.4, -0.2) is 12.5 Å². The SMILES string of the molecule is CCCNC(=O)/C(C#N)=C\Nc1ccccc1Br. The number of anilines is 1. The largest absolute Gasteiger partial charge is 0.359 e. The second-order valence-electron chi connectivity index (χ2n) is 3.55. The third-order valence-electron chi connectivity index (χ3n) is 2.15. The summed E-state index contributed by atoms with van der Waals surface area (Å²) in [5.41, 5.74) is 0.854. The van der Waals surface area contributed by atoms with Gasteiger partial charge in [0.2, 0.25) is 0 Å². The summed E-state index contributed by atoms with van der Waals surface area (Å²) >= 11 is 3.37. The van der Waals surface area contributed by atoms with Gasteiger partial charge in [0.05, 0.1) is 5.69 Å². The molecule has 0 radical (unpaired) electrons. The summed E-state index contributed by atoms with van der Waals surface area (Å²) in [4.78, 5) is 11.6. The molecule has 1 aromatic carbocycles. The van der Waals surface area contributed by atoms with Gasteiger partial charge in [-0.2, -0.15) is 5.26 Å². The van der Waals surface area contributed by atoms with Gasteiger partial charge >= 0.3 is 0 Å². The van der Waals surface area contributed by atoms with E-state index in [9.17, 15) is 4.79 Å². The number of halogens is 1. The molecule has 0 unspecified atom stereocenters. The van der Waals surface area contributed by atoms with E-state index in [4.69, 9.17) is 5.26 Å². The number of carbonyl (C=O) groups is 1. The summed E-state index contributed by atoms with van der Waals surface area (Å²) in [5.74, 6) is -0.362. The van der Waals surface area contributed by atoms with Gasteiger partial charge in [-0.1, -0.05) is 19.1 Å². The number of para-hydroxylation sites is 1. The molecule has 1 amide bonds. The molecule has 0 saturated heterocycles. The first-order valence-electron chi connectivity index (χ1n) is 5.58. The molecule has 4 nitrogen and oxygen atoms in total. The van der Waals surface area contributed by atoms with Gasteiger partial charge in [0.15, 0.2) is 0 Å². The maximum Gasteiger partial charge on any atom is 0.263 e. The van der Waals surface area contributed by atoms with Gasteiger partial charge in [0.25, 0.3) is 5.91 Å². The van der Waals surface area contributed by atoms with Crippen molar-refractivity contribution in [3.8, 4) is 6.07 Å².